The molecule has 5 nitrogen and oxygen atoms in total. The molecule has 1 heterocycles. The highest BCUT2D eigenvalue weighted by atomic mass is 19.1. The van der Waals surface area contributed by atoms with Gasteiger partial charge < -0.3 is 10.4 Å². The second kappa shape index (κ2) is 5.72. The normalized spacial score (nSPS) is 12.5. The van der Waals surface area contributed by atoms with E-state index in [-0.39, 0.29) is 11.4 Å². The zero-order chi connectivity index (χ0) is 13.7. The van der Waals surface area contributed by atoms with E-state index < -0.39 is 5.82 Å². The lowest BCUT2D eigenvalue weighted by atomic mass is 10.0. The predicted octanol–water partition coefficient (Wildman–Crippen LogP) is 2.28. The molecule has 0 bridgehead atoms. The van der Waals surface area contributed by atoms with Crippen molar-refractivity contribution in [3.05, 3.63) is 65.7 Å². The molecule has 0 aliphatic heterocycles. The largest absolute Gasteiger partial charge is 0.410 e. The van der Waals surface area contributed by atoms with Crippen LogP contribution in [0.25, 0.3) is 0 Å². The van der Waals surface area contributed by atoms with Crippen LogP contribution >= 0.6 is 0 Å². The lowest BCUT2D eigenvalue weighted by Crippen LogP contribution is -2.18. The molecule has 0 saturated carbocycles. The molecule has 1 aromatic carbocycles. The first kappa shape index (κ1) is 12.7. The average molecular weight is 259 g/mol. The number of aromatic nitrogens is 1. The molecule has 0 saturated heterocycles. The van der Waals surface area contributed by atoms with Crippen LogP contribution in [0.1, 0.15) is 11.3 Å². The molecular formula is C13H10FN3O2. The molecule has 19 heavy (non-hydrogen) atoms. The molecule has 0 radical (unpaired) electrons. The number of nitrogens with zero attached hydrogens (tertiary/aromatic N) is 3. The zero-order valence-corrected chi connectivity index (χ0v) is 9.73. The van der Waals surface area contributed by atoms with E-state index in [1.807, 2.05) is 0 Å². The van der Waals surface area contributed by atoms with Crippen molar-refractivity contribution in [3.8, 4) is 0 Å². The summed E-state index contributed by atoms with van der Waals surface area (Å²) in [5.74, 6) is -0.415. The summed E-state index contributed by atoms with van der Waals surface area (Å²) >= 11 is 0. The van der Waals surface area contributed by atoms with Crippen LogP contribution in [0.2, 0.25) is 0 Å². The minimum absolute atomic E-state index is 0.00111. The summed E-state index contributed by atoms with van der Waals surface area (Å²) in [4.78, 5) is 4.01. The van der Waals surface area contributed by atoms with Crippen LogP contribution < -0.4 is 0 Å². The van der Waals surface area contributed by atoms with Gasteiger partial charge in [-0.3, -0.25) is 4.98 Å². The van der Waals surface area contributed by atoms with Gasteiger partial charge in [-0.2, -0.15) is 0 Å². The molecule has 0 fully saturated rings. The maximum atomic E-state index is 12.9. The Morgan fingerprint density at radius 1 is 0.947 bits per heavy atom. The number of rotatable bonds is 3. The Labute approximate surface area is 108 Å². The summed E-state index contributed by atoms with van der Waals surface area (Å²) in [5, 5.41) is 24.4. The molecule has 96 valence electrons. The van der Waals surface area contributed by atoms with Crippen molar-refractivity contribution < 1.29 is 14.8 Å². The van der Waals surface area contributed by atoms with Crippen molar-refractivity contribution in [2.24, 2.45) is 10.3 Å². The standard InChI is InChI=1S/C13H10FN3O2/c14-10-6-4-9(5-7-10)12(16-18)13(17-19)11-3-1-2-8-15-11/h1-8,18-19H. The topological polar surface area (TPSA) is 78.1 Å². The van der Waals surface area contributed by atoms with E-state index in [1.165, 1.54) is 30.5 Å². The predicted molar refractivity (Wildman–Crippen MR) is 67.3 cm³/mol. The molecule has 0 aliphatic carbocycles. The number of halogens is 1. The Hall–Kier alpha value is -2.76. The highest BCUT2D eigenvalue weighted by Gasteiger charge is 2.16. The van der Waals surface area contributed by atoms with Crippen molar-refractivity contribution in [1.29, 1.82) is 0 Å². The molecule has 0 unspecified atom stereocenters. The summed E-state index contributed by atoms with van der Waals surface area (Å²) in [5.41, 5.74) is 0.736. The van der Waals surface area contributed by atoms with Gasteiger partial charge in [-0.25, -0.2) is 4.39 Å². The van der Waals surface area contributed by atoms with E-state index in [0.717, 1.165) is 0 Å². The van der Waals surface area contributed by atoms with E-state index in [9.17, 15) is 4.39 Å². The summed E-state index contributed by atoms with van der Waals surface area (Å²) in [6.45, 7) is 0. The van der Waals surface area contributed by atoms with Crippen LogP contribution in [0.5, 0.6) is 0 Å². The number of hydrogen-bond acceptors (Lipinski definition) is 5. The van der Waals surface area contributed by atoms with Crippen molar-refractivity contribution in [1.82, 2.24) is 4.98 Å². The van der Waals surface area contributed by atoms with Gasteiger partial charge in [0, 0.05) is 11.8 Å². The van der Waals surface area contributed by atoms with E-state index >= 15 is 0 Å². The van der Waals surface area contributed by atoms with Gasteiger partial charge in [0.15, 0.2) is 5.71 Å². The van der Waals surface area contributed by atoms with Crippen LogP contribution in [0.15, 0.2) is 59.0 Å². The number of pyridine rings is 1. The molecule has 0 amide bonds. The Bertz CT molecular complexity index is 610. The van der Waals surface area contributed by atoms with Gasteiger partial charge in [0.05, 0.1) is 5.69 Å². The third-order valence-electron chi connectivity index (χ3n) is 2.45. The SMILES string of the molecule is ON=C(C(=NO)c1ccccn1)c1ccc(F)cc1. The fourth-order valence-corrected chi connectivity index (χ4v) is 1.57. The Balaban J connectivity index is 2.45. The average Bonchev–Trinajstić information content (AvgIpc) is 2.47. The highest BCUT2D eigenvalue weighted by Crippen LogP contribution is 2.09. The molecule has 1 aromatic heterocycles. The van der Waals surface area contributed by atoms with Crippen LogP contribution in [-0.4, -0.2) is 26.8 Å². The van der Waals surface area contributed by atoms with Crippen LogP contribution in [0.4, 0.5) is 4.39 Å². The van der Waals surface area contributed by atoms with E-state index in [0.29, 0.717) is 11.3 Å². The summed E-state index contributed by atoms with van der Waals surface area (Å²) in [6, 6.07) is 10.3. The molecule has 0 atom stereocenters. The second-order valence-electron chi connectivity index (χ2n) is 3.62. The number of hydrogen-bond donors (Lipinski definition) is 2. The lowest BCUT2D eigenvalue weighted by Gasteiger charge is -2.06. The first-order chi connectivity index (χ1) is 9.26. The van der Waals surface area contributed by atoms with Crippen molar-refractivity contribution in [2.75, 3.05) is 0 Å². The first-order valence-electron chi connectivity index (χ1n) is 5.38. The third-order valence-corrected chi connectivity index (χ3v) is 2.45. The van der Waals surface area contributed by atoms with Gasteiger partial charge in [-0.1, -0.05) is 16.4 Å². The lowest BCUT2D eigenvalue weighted by molar-refractivity contribution is 0.314. The van der Waals surface area contributed by atoms with Gasteiger partial charge in [-0.05, 0) is 36.4 Å². The van der Waals surface area contributed by atoms with Crippen molar-refractivity contribution in [3.63, 3.8) is 0 Å². The highest BCUT2D eigenvalue weighted by molar-refractivity contribution is 6.52. The van der Waals surface area contributed by atoms with Gasteiger partial charge in [0.25, 0.3) is 0 Å². The fraction of sp³-hybridized carbons (Fsp3) is 0. The minimum atomic E-state index is -0.415. The van der Waals surface area contributed by atoms with Crippen LogP contribution in [0.3, 0.4) is 0 Å². The Kier molecular flexibility index (Phi) is 3.82. The molecule has 2 rings (SSSR count). The van der Waals surface area contributed by atoms with Crippen molar-refractivity contribution >= 4 is 11.4 Å². The quantitative estimate of drug-likeness (QED) is 0.504. The maximum Gasteiger partial charge on any atom is 0.157 e. The zero-order valence-electron chi connectivity index (χ0n) is 9.73. The summed E-state index contributed by atoms with van der Waals surface area (Å²) in [6.07, 6.45) is 1.51. The Morgan fingerprint density at radius 3 is 2.16 bits per heavy atom. The van der Waals surface area contributed by atoms with Gasteiger partial charge >= 0.3 is 0 Å². The summed E-state index contributed by atoms with van der Waals surface area (Å²) in [7, 11) is 0. The van der Waals surface area contributed by atoms with E-state index in [1.54, 1.807) is 18.2 Å². The van der Waals surface area contributed by atoms with Gasteiger partial charge in [0.1, 0.15) is 11.5 Å². The second-order valence-corrected chi connectivity index (χ2v) is 3.62. The molecule has 6 heteroatoms. The smallest absolute Gasteiger partial charge is 0.157 e. The molecule has 2 aromatic rings. The minimum Gasteiger partial charge on any atom is -0.410 e. The fourth-order valence-electron chi connectivity index (χ4n) is 1.57. The van der Waals surface area contributed by atoms with E-state index in [2.05, 4.69) is 15.3 Å². The Morgan fingerprint density at radius 2 is 1.63 bits per heavy atom. The number of oxime groups is 2. The van der Waals surface area contributed by atoms with Crippen molar-refractivity contribution in [2.45, 2.75) is 0 Å². The monoisotopic (exact) mass is 259 g/mol. The third kappa shape index (κ3) is 2.74. The first-order valence-corrected chi connectivity index (χ1v) is 5.38. The number of benzene rings is 1. The van der Waals surface area contributed by atoms with Gasteiger partial charge in [0.2, 0.25) is 0 Å². The molecular weight excluding hydrogens is 249 g/mol. The van der Waals surface area contributed by atoms with Gasteiger partial charge in [-0.15, -0.1) is 0 Å². The van der Waals surface area contributed by atoms with E-state index in [4.69, 9.17) is 10.4 Å². The summed E-state index contributed by atoms with van der Waals surface area (Å²) < 4.78 is 12.9. The molecule has 0 aliphatic rings. The van der Waals surface area contributed by atoms with Crippen LogP contribution in [0, 0.1) is 5.82 Å². The van der Waals surface area contributed by atoms with Crippen LogP contribution in [-0.2, 0) is 0 Å². The maximum absolute atomic E-state index is 12.9. The molecule has 0 spiro atoms. The molecule has 2 N–H and O–H groups in total.